The summed E-state index contributed by atoms with van der Waals surface area (Å²) in [6, 6.07) is 2.14. The first-order valence-corrected chi connectivity index (χ1v) is 6.28. The van der Waals surface area contributed by atoms with E-state index in [-0.39, 0.29) is 0 Å². The lowest BCUT2D eigenvalue weighted by Crippen LogP contribution is -2.02. The summed E-state index contributed by atoms with van der Waals surface area (Å²) in [5, 5.41) is 0.836. The van der Waals surface area contributed by atoms with Crippen molar-refractivity contribution in [1.82, 2.24) is 14.5 Å². The van der Waals surface area contributed by atoms with Gasteiger partial charge in [-0.1, -0.05) is 22.0 Å². The summed E-state index contributed by atoms with van der Waals surface area (Å²) in [6.45, 7) is 6.14. The van der Waals surface area contributed by atoms with Crippen molar-refractivity contribution < 1.29 is 0 Å². The van der Waals surface area contributed by atoms with E-state index >= 15 is 0 Å². The molecule has 2 aromatic heterocycles. The number of halogens is 1. The highest BCUT2D eigenvalue weighted by molar-refractivity contribution is 9.08. The van der Waals surface area contributed by atoms with Crippen LogP contribution < -0.4 is 0 Å². The van der Waals surface area contributed by atoms with Crippen LogP contribution in [-0.4, -0.2) is 14.5 Å². The summed E-state index contributed by atoms with van der Waals surface area (Å²) >= 11 is 3.43. The van der Waals surface area contributed by atoms with Gasteiger partial charge >= 0.3 is 0 Å². The molecule has 0 saturated heterocycles. The van der Waals surface area contributed by atoms with Crippen molar-refractivity contribution in [3.05, 3.63) is 41.1 Å². The maximum atomic E-state index is 4.49. The Balaban J connectivity index is 2.52. The third kappa shape index (κ3) is 1.89. The molecule has 0 atom stereocenters. The first kappa shape index (κ1) is 11.3. The second kappa shape index (κ2) is 4.37. The van der Waals surface area contributed by atoms with Crippen molar-refractivity contribution in [1.29, 1.82) is 0 Å². The van der Waals surface area contributed by atoms with E-state index < -0.39 is 0 Å². The van der Waals surface area contributed by atoms with E-state index in [4.69, 9.17) is 0 Å². The highest BCUT2D eigenvalue weighted by Crippen LogP contribution is 2.17. The van der Waals surface area contributed by atoms with Crippen molar-refractivity contribution in [2.45, 2.75) is 26.1 Å². The zero-order valence-electron chi connectivity index (χ0n) is 9.66. The van der Waals surface area contributed by atoms with Gasteiger partial charge in [0.25, 0.3) is 0 Å². The Morgan fingerprint density at radius 3 is 2.50 bits per heavy atom. The van der Waals surface area contributed by atoms with Crippen LogP contribution in [0.2, 0.25) is 0 Å². The summed E-state index contributed by atoms with van der Waals surface area (Å²) in [4.78, 5) is 8.78. The number of rotatable bonds is 2. The molecule has 0 amide bonds. The van der Waals surface area contributed by atoms with Crippen molar-refractivity contribution in [3.8, 4) is 5.82 Å². The summed E-state index contributed by atoms with van der Waals surface area (Å²) in [6.07, 6.45) is 3.72. The van der Waals surface area contributed by atoms with Crippen LogP contribution >= 0.6 is 15.9 Å². The lowest BCUT2D eigenvalue weighted by molar-refractivity contribution is 0.932. The van der Waals surface area contributed by atoms with Gasteiger partial charge in [-0.05, 0) is 31.9 Å². The first-order valence-electron chi connectivity index (χ1n) is 5.16. The van der Waals surface area contributed by atoms with Gasteiger partial charge in [0.15, 0.2) is 0 Å². The van der Waals surface area contributed by atoms with E-state index in [0.717, 1.165) is 28.1 Å². The molecular formula is C12H14BrN3. The van der Waals surface area contributed by atoms with Crippen molar-refractivity contribution in [2.75, 3.05) is 0 Å². The van der Waals surface area contributed by atoms with E-state index in [1.165, 1.54) is 5.56 Å². The fourth-order valence-electron chi connectivity index (χ4n) is 1.66. The second-order valence-electron chi connectivity index (χ2n) is 3.90. The largest absolute Gasteiger partial charge is 0.287 e. The molecule has 2 aromatic rings. The Bertz CT molecular complexity index is 517. The molecule has 16 heavy (non-hydrogen) atoms. The highest BCUT2D eigenvalue weighted by Gasteiger charge is 2.08. The highest BCUT2D eigenvalue weighted by atomic mass is 79.9. The van der Waals surface area contributed by atoms with Gasteiger partial charge in [-0.3, -0.25) is 4.57 Å². The predicted molar refractivity (Wildman–Crippen MR) is 68.2 cm³/mol. The lowest BCUT2D eigenvalue weighted by Gasteiger charge is -2.08. The summed E-state index contributed by atoms with van der Waals surface area (Å²) in [7, 11) is 0. The standard InChI is InChI=1S/C12H14BrN3/c1-8-4-11(5-13)6-14-12(8)16-7-15-9(2)10(16)3/h4,6-7H,5H2,1-3H3. The monoisotopic (exact) mass is 279 g/mol. The number of aromatic nitrogens is 3. The molecule has 0 spiro atoms. The van der Waals surface area contributed by atoms with E-state index in [1.807, 2.05) is 24.0 Å². The molecule has 2 heterocycles. The van der Waals surface area contributed by atoms with Gasteiger partial charge in [0, 0.05) is 17.2 Å². The maximum Gasteiger partial charge on any atom is 0.140 e. The minimum atomic E-state index is 0.836. The Morgan fingerprint density at radius 1 is 1.25 bits per heavy atom. The number of aryl methyl sites for hydroxylation is 2. The van der Waals surface area contributed by atoms with Gasteiger partial charge in [0.2, 0.25) is 0 Å². The van der Waals surface area contributed by atoms with Gasteiger partial charge in [-0.15, -0.1) is 0 Å². The molecule has 0 radical (unpaired) electrons. The minimum absolute atomic E-state index is 0.836. The number of pyridine rings is 1. The third-order valence-corrected chi connectivity index (χ3v) is 3.39. The molecule has 0 aliphatic rings. The van der Waals surface area contributed by atoms with Crippen LogP contribution in [0.3, 0.4) is 0 Å². The Labute approximate surface area is 104 Å². The quantitative estimate of drug-likeness (QED) is 0.791. The summed E-state index contributed by atoms with van der Waals surface area (Å²) in [5.74, 6) is 0.961. The van der Waals surface area contributed by atoms with Gasteiger partial charge in [-0.25, -0.2) is 9.97 Å². The van der Waals surface area contributed by atoms with E-state index in [0.29, 0.717) is 0 Å². The lowest BCUT2D eigenvalue weighted by atomic mass is 10.2. The number of imidazole rings is 1. The molecular weight excluding hydrogens is 266 g/mol. The zero-order valence-corrected chi connectivity index (χ0v) is 11.2. The minimum Gasteiger partial charge on any atom is -0.287 e. The molecule has 0 bridgehead atoms. The average molecular weight is 280 g/mol. The van der Waals surface area contributed by atoms with Crippen LogP contribution in [0.4, 0.5) is 0 Å². The van der Waals surface area contributed by atoms with Crippen LogP contribution in [0.5, 0.6) is 0 Å². The fourth-order valence-corrected chi connectivity index (χ4v) is 1.97. The molecule has 0 aliphatic heterocycles. The first-order chi connectivity index (χ1) is 7.63. The SMILES string of the molecule is Cc1cc(CBr)cnc1-n1cnc(C)c1C. The molecule has 0 N–H and O–H groups in total. The molecule has 0 saturated carbocycles. The van der Waals surface area contributed by atoms with Gasteiger partial charge < -0.3 is 0 Å². The summed E-state index contributed by atoms with van der Waals surface area (Å²) in [5.41, 5.74) is 4.54. The van der Waals surface area contributed by atoms with Crippen molar-refractivity contribution in [2.24, 2.45) is 0 Å². The second-order valence-corrected chi connectivity index (χ2v) is 4.46. The predicted octanol–water partition coefficient (Wildman–Crippen LogP) is 3.09. The third-order valence-electron chi connectivity index (χ3n) is 2.74. The van der Waals surface area contributed by atoms with E-state index in [2.05, 4.69) is 45.8 Å². The Kier molecular flexibility index (Phi) is 3.10. The van der Waals surface area contributed by atoms with E-state index in [1.54, 1.807) is 0 Å². The maximum absolute atomic E-state index is 4.49. The Hall–Kier alpha value is -1.16. The van der Waals surface area contributed by atoms with Crippen molar-refractivity contribution in [3.63, 3.8) is 0 Å². The molecule has 3 nitrogen and oxygen atoms in total. The fraction of sp³-hybridized carbons (Fsp3) is 0.333. The summed E-state index contributed by atoms with van der Waals surface area (Å²) < 4.78 is 2.03. The molecule has 0 aliphatic carbocycles. The molecule has 4 heteroatoms. The van der Waals surface area contributed by atoms with Gasteiger partial charge in [0.05, 0.1) is 5.69 Å². The average Bonchev–Trinajstić information content (AvgIpc) is 2.60. The molecule has 2 rings (SSSR count). The number of nitrogens with zero attached hydrogens (tertiary/aromatic N) is 3. The number of hydrogen-bond acceptors (Lipinski definition) is 2. The van der Waals surface area contributed by atoms with Gasteiger partial charge in [-0.2, -0.15) is 0 Å². The van der Waals surface area contributed by atoms with E-state index in [9.17, 15) is 0 Å². The van der Waals surface area contributed by atoms with Crippen LogP contribution in [0.15, 0.2) is 18.6 Å². The molecule has 0 fully saturated rings. The molecule has 0 aromatic carbocycles. The number of alkyl halides is 1. The van der Waals surface area contributed by atoms with Crippen molar-refractivity contribution >= 4 is 15.9 Å². The number of hydrogen-bond donors (Lipinski definition) is 0. The van der Waals surface area contributed by atoms with Crippen LogP contribution in [0.1, 0.15) is 22.5 Å². The molecule has 0 unspecified atom stereocenters. The smallest absolute Gasteiger partial charge is 0.140 e. The van der Waals surface area contributed by atoms with Gasteiger partial charge in [0.1, 0.15) is 12.1 Å². The van der Waals surface area contributed by atoms with Crippen LogP contribution in [0, 0.1) is 20.8 Å². The zero-order chi connectivity index (χ0) is 11.7. The Morgan fingerprint density at radius 2 is 2.00 bits per heavy atom. The van der Waals surface area contributed by atoms with Crippen LogP contribution in [0.25, 0.3) is 5.82 Å². The molecule has 84 valence electrons. The van der Waals surface area contributed by atoms with Crippen LogP contribution in [-0.2, 0) is 5.33 Å². The normalized spacial score (nSPS) is 10.8. The topological polar surface area (TPSA) is 30.7 Å².